The van der Waals surface area contributed by atoms with Gasteiger partial charge in [0, 0.05) is 19.1 Å². The Bertz CT molecular complexity index is 282. The zero-order valence-corrected chi connectivity index (χ0v) is 14.3. The van der Waals surface area contributed by atoms with Crippen LogP contribution in [0, 0.1) is 0 Å². The van der Waals surface area contributed by atoms with Crippen molar-refractivity contribution >= 4 is 30.7 Å². The molecule has 0 aromatic heterocycles. The number of carbonyl (C=O) groups is 1. The number of amides is 1. The van der Waals surface area contributed by atoms with E-state index in [4.69, 9.17) is 0 Å². The molecule has 0 aromatic carbocycles. The third kappa shape index (κ3) is 4.76. The monoisotopic (exact) mass is 325 g/mol. The van der Waals surface area contributed by atoms with Crippen LogP contribution in [0.1, 0.15) is 39.5 Å². The molecular formula is C14H29Cl2N3O. The van der Waals surface area contributed by atoms with Crippen molar-refractivity contribution in [3.63, 3.8) is 0 Å². The molecule has 2 atom stereocenters. The second-order valence-corrected chi connectivity index (χ2v) is 5.45. The predicted molar refractivity (Wildman–Crippen MR) is 88.0 cm³/mol. The van der Waals surface area contributed by atoms with E-state index in [1.807, 2.05) is 0 Å². The molecule has 2 rings (SSSR count). The number of hydrogen-bond acceptors (Lipinski definition) is 3. The van der Waals surface area contributed by atoms with Crippen molar-refractivity contribution in [2.75, 3.05) is 32.7 Å². The summed E-state index contributed by atoms with van der Waals surface area (Å²) in [5, 5.41) is 3.36. The Kier molecular flexibility index (Phi) is 9.81. The Balaban J connectivity index is 0.00000180. The summed E-state index contributed by atoms with van der Waals surface area (Å²) in [6, 6.07) is 0.668. The molecule has 0 aromatic rings. The van der Waals surface area contributed by atoms with Gasteiger partial charge in [-0.3, -0.25) is 9.69 Å². The summed E-state index contributed by atoms with van der Waals surface area (Å²) in [4.78, 5) is 16.9. The van der Waals surface area contributed by atoms with Crippen LogP contribution in [-0.2, 0) is 4.79 Å². The standard InChI is InChI=1S/C14H27N3O.2ClH/c1-3-16(4-2)12-8-10-17(11-12)14(18)13-7-5-6-9-15-13;;/h12-13,15H,3-11H2,1-2H3;2*1H/t12?,13-;;/m0../s1. The van der Waals surface area contributed by atoms with Crippen molar-refractivity contribution in [1.82, 2.24) is 15.1 Å². The molecule has 0 spiro atoms. The van der Waals surface area contributed by atoms with E-state index in [1.165, 1.54) is 12.8 Å². The third-order valence-electron chi connectivity index (χ3n) is 4.41. The van der Waals surface area contributed by atoms with E-state index in [1.54, 1.807) is 0 Å². The first-order valence-corrected chi connectivity index (χ1v) is 7.52. The predicted octanol–water partition coefficient (Wildman–Crippen LogP) is 1.91. The Labute approximate surface area is 135 Å². The highest BCUT2D eigenvalue weighted by Crippen LogP contribution is 2.18. The molecular weight excluding hydrogens is 297 g/mol. The molecule has 4 nitrogen and oxygen atoms in total. The number of rotatable bonds is 4. The minimum absolute atomic E-state index is 0. The molecule has 6 heteroatoms. The number of piperidine rings is 1. The second kappa shape index (κ2) is 9.82. The normalized spacial score (nSPS) is 26.1. The van der Waals surface area contributed by atoms with Gasteiger partial charge in [0.25, 0.3) is 0 Å². The summed E-state index contributed by atoms with van der Waals surface area (Å²) >= 11 is 0. The summed E-state index contributed by atoms with van der Waals surface area (Å²) in [6.07, 6.45) is 4.56. The van der Waals surface area contributed by atoms with Crippen LogP contribution in [0.2, 0.25) is 0 Å². The average Bonchev–Trinajstić information content (AvgIpc) is 2.90. The Morgan fingerprint density at radius 2 is 1.90 bits per heavy atom. The average molecular weight is 326 g/mol. The van der Waals surface area contributed by atoms with Crippen molar-refractivity contribution in [3.8, 4) is 0 Å². The molecule has 1 unspecified atom stereocenters. The minimum Gasteiger partial charge on any atom is -0.340 e. The fourth-order valence-corrected chi connectivity index (χ4v) is 3.26. The van der Waals surface area contributed by atoms with Crippen molar-refractivity contribution < 1.29 is 4.79 Å². The number of likely N-dealkylation sites (N-methyl/N-ethyl adjacent to an activating group) is 1. The van der Waals surface area contributed by atoms with Crippen molar-refractivity contribution in [3.05, 3.63) is 0 Å². The van der Waals surface area contributed by atoms with Gasteiger partial charge in [-0.05, 0) is 38.9 Å². The van der Waals surface area contributed by atoms with Gasteiger partial charge in [0.05, 0.1) is 6.04 Å². The fourth-order valence-electron chi connectivity index (χ4n) is 3.26. The Morgan fingerprint density at radius 3 is 2.45 bits per heavy atom. The van der Waals surface area contributed by atoms with Crippen LogP contribution in [0.3, 0.4) is 0 Å². The lowest BCUT2D eigenvalue weighted by molar-refractivity contribution is -0.133. The molecule has 0 bridgehead atoms. The van der Waals surface area contributed by atoms with Gasteiger partial charge in [-0.25, -0.2) is 0 Å². The van der Waals surface area contributed by atoms with Gasteiger partial charge in [0.2, 0.25) is 5.91 Å². The van der Waals surface area contributed by atoms with Crippen LogP contribution >= 0.6 is 24.8 Å². The summed E-state index contributed by atoms with van der Waals surface area (Å²) in [5.74, 6) is 0.337. The van der Waals surface area contributed by atoms with Gasteiger partial charge >= 0.3 is 0 Å². The van der Waals surface area contributed by atoms with Crippen LogP contribution in [0.25, 0.3) is 0 Å². The SMILES string of the molecule is CCN(CC)C1CCN(C(=O)[C@@H]2CCCCN2)C1.Cl.Cl. The number of likely N-dealkylation sites (tertiary alicyclic amines) is 1. The molecule has 2 heterocycles. The first kappa shape index (κ1) is 20.0. The summed E-state index contributed by atoms with van der Waals surface area (Å²) in [7, 11) is 0. The Hall–Kier alpha value is -0.0300. The maximum absolute atomic E-state index is 12.4. The van der Waals surface area contributed by atoms with E-state index >= 15 is 0 Å². The van der Waals surface area contributed by atoms with E-state index < -0.39 is 0 Å². The van der Waals surface area contributed by atoms with Gasteiger partial charge in [0.15, 0.2) is 0 Å². The second-order valence-electron chi connectivity index (χ2n) is 5.45. The van der Waals surface area contributed by atoms with Crippen molar-refractivity contribution in [2.24, 2.45) is 0 Å². The van der Waals surface area contributed by atoms with Crippen LogP contribution < -0.4 is 5.32 Å². The van der Waals surface area contributed by atoms with Crippen molar-refractivity contribution in [2.45, 2.75) is 51.6 Å². The van der Waals surface area contributed by atoms with Crippen LogP contribution in [0.5, 0.6) is 0 Å². The number of nitrogens with one attached hydrogen (secondary N) is 1. The van der Waals surface area contributed by atoms with Gasteiger partial charge < -0.3 is 10.2 Å². The minimum atomic E-state index is 0. The number of hydrogen-bond donors (Lipinski definition) is 1. The van der Waals surface area contributed by atoms with E-state index in [9.17, 15) is 4.79 Å². The highest BCUT2D eigenvalue weighted by atomic mass is 35.5. The lowest BCUT2D eigenvalue weighted by atomic mass is 10.0. The highest BCUT2D eigenvalue weighted by Gasteiger charge is 2.32. The maximum Gasteiger partial charge on any atom is 0.239 e. The first-order chi connectivity index (χ1) is 8.76. The topological polar surface area (TPSA) is 35.6 Å². The summed E-state index contributed by atoms with van der Waals surface area (Å²) < 4.78 is 0. The van der Waals surface area contributed by atoms with E-state index in [0.717, 1.165) is 45.6 Å². The molecule has 0 aliphatic carbocycles. The number of halogens is 2. The van der Waals surface area contributed by atoms with Crippen LogP contribution in [-0.4, -0.2) is 60.5 Å². The van der Waals surface area contributed by atoms with Crippen molar-refractivity contribution in [1.29, 1.82) is 0 Å². The molecule has 1 amide bonds. The molecule has 20 heavy (non-hydrogen) atoms. The fraction of sp³-hybridized carbons (Fsp3) is 0.929. The molecule has 1 N–H and O–H groups in total. The molecule has 2 fully saturated rings. The molecule has 0 radical (unpaired) electrons. The number of nitrogens with zero attached hydrogens (tertiary/aromatic N) is 2. The lowest BCUT2D eigenvalue weighted by Crippen LogP contribution is -2.48. The van der Waals surface area contributed by atoms with E-state index in [0.29, 0.717) is 11.9 Å². The summed E-state index contributed by atoms with van der Waals surface area (Å²) in [5.41, 5.74) is 0. The van der Waals surface area contributed by atoms with Gasteiger partial charge in [0.1, 0.15) is 0 Å². The quantitative estimate of drug-likeness (QED) is 0.857. The molecule has 120 valence electrons. The van der Waals surface area contributed by atoms with Crippen LogP contribution in [0.4, 0.5) is 0 Å². The zero-order chi connectivity index (χ0) is 13.0. The van der Waals surface area contributed by atoms with Gasteiger partial charge in [-0.1, -0.05) is 20.3 Å². The number of carbonyl (C=O) groups excluding carboxylic acids is 1. The molecule has 2 saturated heterocycles. The summed E-state index contributed by atoms with van der Waals surface area (Å²) in [6.45, 7) is 9.46. The maximum atomic E-state index is 12.4. The Morgan fingerprint density at radius 1 is 1.20 bits per heavy atom. The smallest absolute Gasteiger partial charge is 0.239 e. The highest BCUT2D eigenvalue weighted by molar-refractivity contribution is 5.85. The van der Waals surface area contributed by atoms with Gasteiger partial charge in [-0.2, -0.15) is 0 Å². The molecule has 2 aliphatic rings. The van der Waals surface area contributed by atoms with E-state index in [-0.39, 0.29) is 30.9 Å². The van der Waals surface area contributed by atoms with Crippen LogP contribution in [0.15, 0.2) is 0 Å². The zero-order valence-electron chi connectivity index (χ0n) is 12.6. The molecule has 0 saturated carbocycles. The first-order valence-electron chi connectivity index (χ1n) is 7.52. The molecule has 2 aliphatic heterocycles. The largest absolute Gasteiger partial charge is 0.340 e. The van der Waals surface area contributed by atoms with E-state index in [2.05, 4.69) is 29.0 Å². The lowest BCUT2D eigenvalue weighted by Gasteiger charge is -2.29. The third-order valence-corrected chi connectivity index (χ3v) is 4.41. The van der Waals surface area contributed by atoms with Gasteiger partial charge in [-0.15, -0.1) is 24.8 Å².